The van der Waals surface area contributed by atoms with Gasteiger partial charge in [-0.15, -0.1) is 0 Å². The SMILES string of the molecule is Cc1ccc(S(=O)(=O)C(C)COc2ccc(C(=O)O)c(O)c2)cc1. The number of ether oxygens (including phenoxy) is 1. The van der Waals surface area contributed by atoms with Gasteiger partial charge < -0.3 is 14.9 Å². The van der Waals surface area contributed by atoms with Crippen molar-refractivity contribution in [3.8, 4) is 11.5 Å². The van der Waals surface area contributed by atoms with E-state index in [4.69, 9.17) is 9.84 Å². The first-order valence-electron chi connectivity index (χ1n) is 7.21. The number of aryl methyl sites for hydroxylation is 1. The number of carbonyl (C=O) groups is 1. The molecule has 0 aliphatic carbocycles. The zero-order chi connectivity index (χ0) is 17.9. The van der Waals surface area contributed by atoms with Gasteiger partial charge in [-0.05, 0) is 38.1 Å². The van der Waals surface area contributed by atoms with Crippen molar-refractivity contribution in [3.05, 3.63) is 53.6 Å². The predicted octanol–water partition coefficient (Wildman–Crippen LogP) is 2.64. The van der Waals surface area contributed by atoms with E-state index in [9.17, 15) is 18.3 Å². The van der Waals surface area contributed by atoms with Gasteiger partial charge in [0.1, 0.15) is 23.7 Å². The largest absolute Gasteiger partial charge is 0.507 e. The van der Waals surface area contributed by atoms with Crippen LogP contribution in [0.1, 0.15) is 22.8 Å². The molecule has 0 bridgehead atoms. The molecule has 1 unspecified atom stereocenters. The van der Waals surface area contributed by atoms with Gasteiger partial charge in [0, 0.05) is 6.07 Å². The molecule has 2 rings (SSSR count). The number of carboxylic acid groups (broad SMARTS) is 1. The smallest absolute Gasteiger partial charge is 0.339 e. The van der Waals surface area contributed by atoms with Crippen LogP contribution in [-0.4, -0.2) is 36.5 Å². The summed E-state index contributed by atoms with van der Waals surface area (Å²) in [5, 5.41) is 17.7. The van der Waals surface area contributed by atoms with Crippen LogP contribution in [0.2, 0.25) is 0 Å². The van der Waals surface area contributed by atoms with Crippen LogP contribution < -0.4 is 4.74 Å². The molecule has 128 valence electrons. The van der Waals surface area contributed by atoms with Crippen LogP contribution >= 0.6 is 0 Å². The van der Waals surface area contributed by atoms with Crippen molar-refractivity contribution in [3.63, 3.8) is 0 Å². The van der Waals surface area contributed by atoms with Gasteiger partial charge >= 0.3 is 5.97 Å². The fourth-order valence-electron chi connectivity index (χ4n) is 2.05. The fraction of sp³-hybridized carbons (Fsp3) is 0.235. The molecule has 0 fully saturated rings. The number of carboxylic acids is 1. The molecule has 7 heteroatoms. The molecule has 0 heterocycles. The normalized spacial score (nSPS) is 12.6. The van der Waals surface area contributed by atoms with Crippen LogP contribution in [0.5, 0.6) is 11.5 Å². The minimum atomic E-state index is -3.54. The number of sulfone groups is 1. The average molecular weight is 350 g/mol. The summed E-state index contributed by atoms with van der Waals surface area (Å²) in [6.45, 7) is 3.28. The first kappa shape index (κ1) is 17.8. The van der Waals surface area contributed by atoms with Gasteiger partial charge in [0.15, 0.2) is 9.84 Å². The predicted molar refractivity (Wildman–Crippen MR) is 88.4 cm³/mol. The standard InChI is InChI=1S/C17H18O6S/c1-11-3-6-14(7-4-11)24(21,22)12(2)10-23-13-5-8-15(17(19)20)16(18)9-13/h3-9,12,18H,10H2,1-2H3,(H,19,20). The molecule has 2 aromatic carbocycles. The van der Waals surface area contributed by atoms with E-state index in [1.54, 1.807) is 24.3 Å². The van der Waals surface area contributed by atoms with Gasteiger partial charge in [-0.1, -0.05) is 17.7 Å². The van der Waals surface area contributed by atoms with Crippen LogP contribution in [0.3, 0.4) is 0 Å². The quantitative estimate of drug-likeness (QED) is 0.830. The minimum Gasteiger partial charge on any atom is -0.507 e. The van der Waals surface area contributed by atoms with Crippen LogP contribution in [0, 0.1) is 6.92 Å². The van der Waals surface area contributed by atoms with Crippen LogP contribution in [-0.2, 0) is 9.84 Å². The molecule has 0 aliphatic heterocycles. The summed E-state index contributed by atoms with van der Waals surface area (Å²) < 4.78 is 30.3. The molecular formula is C17H18O6S. The highest BCUT2D eigenvalue weighted by molar-refractivity contribution is 7.92. The van der Waals surface area contributed by atoms with Crippen molar-refractivity contribution < 1.29 is 28.2 Å². The Hall–Kier alpha value is -2.54. The third-order valence-corrected chi connectivity index (χ3v) is 5.69. The molecule has 0 aliphatic rings. The lowest BCUT2D eigenvalue weighted by molar-refractivity contribution is 0.0693. The minimum absolute atomic E-state index is 0.123. The van der Waals surface area contributed by atoms with Crippen LogP contribution in [0.25, 0.3) is 0 Å². The maximum absolute atomic E-state index is 12.5. The van der Waals surface area contributed by atoms with Gasteiger partial charge in [0.2, 0.25) is 0 Å². The molecule has 2 N–H and O–H groups in total. The van der Waals surface area contributed by atoms with E-state index in [-0.39, 0.29) is 22.8 Å². The second kappa shape index (κ2) is 6.92. The van der Waals surface area contributed by atoms with E-state index in [1.807, 2.05) is 6.92 Å². The Kier molecular flexibility index (Phi) is 5.14. The summed E-state index contributed by atoms with van der Waals surface area (Å²) in [5.41, 5.74) is 0.717. The molecule has 0 amide bonds. The first-order chi connectivity index (χ1) is 11.2. The van der Waals surface area contributed by atoms with Crippen LogP contribution in [0.4, 0.5) is 0 Å². The Morgan fingerprint density at radius 2 is 1.79 bits per heavy atom. The van der Waals surface area contributed by atoms with E-state index in [0.29, 0.717) is 0 Å². The highest BCUT2D eigenvalue weighted by atomic mass is 32.2. The summed E-state index contributed by atoms with van der Waals surface area (Å²) in [6.07, 6.45) is 0. The van der Waals surface area contributed by atoms with Gasteiger partial charge in [0.25, 0.3) is 0 Å². The third-order valence-electron chi connectivity index (χ3n) is 3.56. The van der Waals surface area contributed by atoms with Crippen molar-refractivity contribution in [2.75, 3.05) is 6.61 Å². The summed E-state index contributed by atoms with van der Waals surface area (Å²) in [6, 6.07) is 10.3. The summed E-state index contributed by atoms with van der Waals surface area (Å²) in [5.74, 6) is -1.49. The maximum Gasteiger partial charge on any atom is 0.339 e. The van der Waals surface area contributed by atoms with Gasteiger partial charge in [0.05, 0.1) is 10.1 Å². The zero-order valence-electron chi connectivity index (χ0n) is 13.3. The van der Waals surface area contributed by atoms with E-state index in [1.165, 1.54) is 19.1 Å². The lowest BCUT2D eigenvalue weighted by Gasteiger charge is -2.15. The molecule has 6 nitrogen and oxygen atoms in total. The molecule has 0 saturated heterocycles. The van der Waals surface area contributed by atoms with Crippen molar-refractivity contribution in [2.24, 2.45) is 0 Å². The fourth-order valence-corrected chi connectivity index (χ4v) is 3.27. The number of aromatic carboxylic acids is 1. The summed E-state index contributed by atoms with van der Waals surface area (Å²) in [7, 11) is -3.54. The lowest BCUT2D eigenvalue weighted by Crippen LogP contribution is -2.25. The Morgan fingerprint density at radius 1 is 1.17 bits per heavy atom. The van der Waals surface area contributed by atoms with Crippen molar-refractivity contribution in [2.45, 2.75) is 24.0 Å². The van der Waals surface area contributed by atoms with E-state index < -0.39 is 26.8 Å². The highest BCUT2D eigenvalue weighted by Gasteiger charge is 2.24. The van der Waals surface area contributed by atoms with Crippen LogP contribution in [0.15, 0.2) is 47.4 Å². The van der Waals surface area contributed by atoms with Crippen molar-refractivity contribution in [1.82, 2.24) is 0 Å². The number of phenols is 1. The number of hydrogen-bond donors (Lipinski definition) is 2. The second-order valence-electron chi connectivity index (χ2n) is 5.46. The average Bonchev–Trinajstić information content (AvgIpc) is 2.52. The van der Waals surface area contributed by atoms with E-state index >= 15 is 0 Å². The second-order valence-corrected chi connectivity index (χ2v) is 7.83. The monoisotopic (exact) mass is 350 g/mol. The Morgan fingerprint density at radius 3 is 2.33 bits per heavy atom. The van der Waals surface area contributed by atoms with Gasteiger partial charge in [-0.25, -0.2) is 13.2 Å². The topological polar surface area (TPSA) is 101 Å². The lowest BCUT2D eigenvalue weighted by atomic mass is 10.2. The number of aromatic hydroxyl groups is 1. The Balaban J connectivity index is 2.10. The Bertz CT molecular complexity index is 840. The molecule has 0 spiro atoms. The molecule has 2 aromatic rings. The maximum atomic E-state index is 12.5. The number of benzene rings is 2. The molecule has 1 atom stereocenters. The molecular weight excluding hydrogens is 332 g/mol. The van der Waals surface area contributed by atoms with E-state index in [2.05, 4.69) is 0 Å². The van der Waals surface area contributed by atoms with Crippen molar-refractivity contribution >= 4 is 15.8 Å². The van der Waals surface area contributed by atoms with Gasteiger partial charge in [-0.3, -0.25) is 0 Å². The molecule has 0 radical (unpaired) electrons. The third kappa shape index (κ3) is 3.86. The highest BCUT2D eigenvalue weighted by Crippen LogP contribution is 2.24. The molecule has 0 saturated carbocycles. The zero-order valence-corrected chi connectivity index (χ0v) is 14.1. The van der Waals surface area contributed by atoms with Gasteiger partial charge in [-0.2, -0.15) is 0 Å². The number of rotatable bonds is 6. The summed E-state index contributed by atoms with van der Waals surface area (Å²) in [4.78, 5) is 11.0. The Labute approximate surface area is 140 Å². The van der Waals surface area contributed by atoms with E-state index in [0.717, 1.165) is 11.6 Å². The van der Waals surface area contributed by atoms with Crippen molar-refractivity contribution in [1.29, 1.82) is 0 Å². The molecule has 24 heavy (non-hydrogen) atoms. The number of hydrogen-bond acceptors (Lipinski definition) is 5. The first-order valence-corrected chi connectivity index (χ1v) is 8.76. The summed E-state index contributed by atoms with van der Waals surface area (Å²) >= 11 is 0. The molecule has 0 aromatic heterocycles.